The van der Waals surface area contributed by atoms with Crippen LogP contribution in [0.3, 0.4) is 0 Å². The number of ether oxygens (including phenoxy) is 1. The summed E-state index contributed by atoms with van der Waals surface area (Å²) in [6.07, 6.45) is 5.51. The van der Waals surface area contributed by atoms with E-state index in [9.17, 15) is 0 Å². The zero-order valence-electron chi connectivity index (χ0n) is 14.6. The third-order valence-electron chi connectivity index (χ3n) is 4.98. The molecule has 0 amide bonds. The van der Waals surface area contributed by atoms with Crippen LogP contribution >= 0.6 is 0 Å². The molecule has 0 aliphatic carbocycles. The lowest BCUT2D eigenvalue weighted by Gasteiger charge is -2.06. The maximum Gasteiger partial charge on any atom is 0.219 e. The van der Waals surface area contributed by atoms with E-state index in [1.807, 2.05) is 36.7 Å². The second kappa shape index (κ2) is 5.56. The highest BCUT2D eigenvalue weighted by Crippen LogP contribution is 2.36. The van der Waals surface area contributed by atoms with Crippen LogP contribution in [-0.2, 0) is 7.05 Å². The summed E-state index contributed by atoms with van der Waals surface area (Å²) in [5.41, 5.74) is 3.69. The fourth-order valence-electron chi connectivity index (χ4n) is 3.79. The first kappa shape index (κ1) is 14.9. The summed E-state index contributed by atoms with van der Waals surface area (Å²) in [6, 6.07) is 16.1. The largest absolute Gasteiger partial charge is 0.439 e. The lowest BCUT2D eigenvalue weighted by Crippen LogP contribution is -1.91. The number of aryl methyl sites for hydroxylation is 2. The van der Waals surface area contributed by atoms with Crippen LogP contribution in [0.2, 0.25) is 0 Å². The van der Waals surface area contributed by atoms with E-state index in [0.29, 0.717) is 5.88 Å². The highest BCUT2D eigenvalue weighted by Gasteiger charge is 2.14. The Labute approximate surface area is 150 Å². The minimum atomic E-state index is 0.595. The molecule has 26 heavy (non-hydrogen) atoms. The average Bonchev–Trinajstić information content (AvgIpc) is 2.95. The van der Waals surface area contributed by atoms with Crippen molar-refractivity contribution in [3.8, 4) is 11.6 Å². The van der Waals surface area contributed by atoms with Crippen LogP contribution < -0.4 is 4.74 Å². The van der Waals surface area contributed by atoms with Crippen LogP contribution in [-0.4, -0.2) is 14.5 Å². The smallest absolute Gasteiger partial charge is 0.219 e. The third kappa shape index (κ3) is 2.15. The Kier molecular flexibility index (Phi) is 3.19. The molecule has 2 aromatic carbocycles. The molecule has 0 unspecified atom stereocenters. The van der Waals surface area contributed by atoms with Gasteiger partial charge in [0.15, 0.2) is 0 Å². The van der Waals surface area contributed by atoms with E-state index in [0.717, 1.165) is 11.1 Å². The van der Waals surface area contributed by atoms with Gasteiger partial charge in [-0.15, -0.1) is 0 Å². The monoisotopic (exact) mass is 339 g/mol. The first-order valence-corrected chi connectivity index (χ1v) is 8.57. The zero-order chi connectivity index (χ0) is 17.7. The van der Waals surface area contributed by atoms with E-state index in [-0.39, 0.29) is 0 Å². The molecule has 0 N–H and O–H groups in total. The van der Waals surface area contributed by atoms with E-state index in [4.69, 9.17) is 4.74 Å². The molecule has 126 valence electrons. The maximum absolute atomic E-state index is 5.93. The molecule has 0 bridgehead atoms. The maximum atomic E-state index is 5.93. The molecule has 5 aromatic rings. The Hall–Kier alpha value is -3.40. The Balaban J connectivity index is 1.78. The number of nitrogens with zero attached hydrogens (tertiary/aromatic N) is 3. The van der Waals surface area contributed by atoms with Crippen molar-refractivity contribution >= 4 is 32.6 Å². The third-order valence-corrected chi connectivity index (χ3v) is 4.98. The minimum Gasteiger partial charge on any atom is -0.439 e. The number of hydrogen-bond donors (Lipinski definition) is 0. The highest BCUT2D eigenvalue weighted by atomic mass is 16.5. The molecule has 0 saturated carbocycles. The van der Waals surface area contributed by atoms with E-state index < -0.39 is 0 Å². The van der Waals surface area contributed by atoms with Crippen molar-refractivity contribution in [2.75, 3.05) is 0 Å². The van der Waals surface area contributed by atoms with Gasteiger partial charge in [-0.1, -0.05) is 6.07 Å². The van der Waals surface area contributed by atoms with Gasteiger partial charge < -0.3 is 9.30 Å². The molecule has 0 fully saturated rings. The summed E-state index contributed by atoms with van der Waals surface area (Å²) in [5, 5.41) is 4.78. The molecule has 4 nitrogen and oxygen atoms in total. The van der Waals surface area contributed by atoms with Crippen molar-refractivity contribution in [3.05, 3.63) is 72.7 Å². The van der Waals surface area contributed by atoms with Gasteiger partial charge in [0.2, 0.25) is 5.88 Å². The molecule has 4 heteroatoms. The van der Waals surface area contributed by atoms with Gasteiger partial charge in [0.05, 0.1) is 5.52 Å². The number of pyridine rings is 2. The number of benzene rings is 2. The standard InChI is InChI=1S/C22H17N3O/c1-14-17-8-10-23-13-15(17)11-19-18-12-16(26-21-5-3-4-9-24-21)6-7-20(18)25(2)22(14)19/h3-13H,1-2H3. The Morgan fingerprint density at radius 1 is 0.923 bits per heavy atom. The minimum absolute atomic E-state index is 0.595. The van der Waals surface area contributed by atoms with Crippen LogP contribution in [0.4, 0.5) is 0 Å². The fourth-order valence-corrected chi connectivity index (χ4v) is 3.79. The van der Waals surface area contributed by atoms with Crippen molar-refractivity contribution in [3.63, 3.8) is 0 Å². The van der Waals surface area contributed by atoms with Crippen molar-refractivity contribution in [2.45, 2.75) is 6.92 Å². The second-order valence-corrected chi connectivity index (χ2v) is 6.50. The molecule has 5 rings (SSSR count). The second-order valence-electron chi connectivity index (χ2n) is 6.50. The lowest BCUT2D eigenvalue weighted by molar-refractivity contribution is 0.463. The van der Waals surface area contributed by atoms with Crippen LogP contribution in [0.1, 0.15) is 5.56 Å². The summed E-state index contributed by atoms with van der Waals surface area (Å²) in [4.78, 5) is 8.52. The van der Waals surface area contributed by atoms with Crippen molar-refractivity contribution in [2.24, 2.45) is 7.05 Å². The van der Waals surface area contributed by atoms with Gasteiger partial charge in [0, 0.05) is 53.4 Å². The molecule has 0 aliphatic heterocycles. The Morgan fingerprint density at radius 2 is 1.85 bits per heavy atom. The van der Waals surface area contributed by atoms with Crippen LogP contribution in [0.5, 0.6) is 11.6 Å². The van der Waals surface area contributed by atoms with Crippen molar-refractivity contribution < 1.29 is 4.74 Å². The first-order valence-electron chi connectivity index (χ1n) is 8.57. The van der Waals surface area contributed by atoms with Gasteiger partial charge in [0.1, 0.15) is 5.75 Å². The molecular formula is C22H17N3O. The number of aromatic nitrogens is 3. The molecule has 0 radical (unpaired) electrons. The molecule has 0 saturated heterocycles. The molecule has 3 aromatic heterocycles. The number of fused-ring (bicyclic) bond motifs is 4. The average molecular weight is 339 g/mol. The summed E-state index contributed by atoms with van der Waals surface area (Å²) in [6.45, 7) is 2.18. The van der Waals surface area contributed by atoms with E-state index >= 15 is 0 Å². The number of rotatable bonds is 2. The molecule has 0 spiro atoms. The molecule has 3 heterocycles. The molecule has 0 atom stereocenters. The van der Waals surface area contributed by atoms with Gasteiger partial charge in [-0.3, -0.25) is 4.98 Å². The Morgan fingerprint density at radius 3 is 2.69 bits per heavy atom. The summed E-state index contributed by atoms with van der Waals surface area (Å²) < 4.78 is 8.18. The SMILES string of the molecule is Cc1c2ccncc2cc2c3cc(Oc4ccccn4)ccc3n(C)c12. The normalized spacial score (nSPS) is 11.5. The predicted octanol–water partition coefficient (Wildman–Crippen LogP) is 5.38. The summed E-state index contributed by atoms with van der Waals surface area (Å²) in [7, 11) is 2.12. The van der Waals surface area contributed by atoms with E-state index in [1.54, 1.807) is 6.20 Å². The lowest BCUT2D eigenvalue weighted by atomic mass is 10.0. The van der Waals surface area contributed by atoms with Crippen LogP contribution in [0.15, 0.2) is 67.1 Å². The van der Waals surface area contributed by atoms with Crippen LogP contribution in [0.25, 0.3) is 32.6 Å². The summed E-state index contributed by atoms with van der Waals surface area (Å²) in [5.74, 6) is 1.38. The van der Waals surface area contributed by atoms with E-state index in [2.05, 4.69) is 52.8 Å². The summed E-state index contributed by atoms with van der Waals surface area (Å²) >= 11 is 0. The van der Waals surface area contributed by atoms with Crippen molar-refractivity contribution in [1.29, 1.82) is 0 Å². The Bertz CT molecular complexity index is 1270. The van der Waals surface area contributed by atoms with Crippen LogP contribution in [0, 0.1) is 6.92 Å². The van der Waals surface area contributed by atoms with Gasteiger partial charge in [-0.05, 0) is 54.3 Å². The van der Waals surface area contributed by atoms with Gasteiger partial charge >= 0.3 is 0 Å². The van der Waals surface area contributed by atoms with Gasteiger partial charge in [0.25, 0.3) is 0 Å². The molecular weight excluding hydrogens is 322 g/mol. The number of hydrogen-bond acceptors (Lipinski definition) is 3. The van der Waals surface area contributed by atoms with E-state index in [1.165, 1.54) is 32.8 Å². The molecule has 0 aliphatic rings. The van der Waals surface area contributed by atoms with Gasteiger partial charge in [-0.25, -0.2) is 4.98 Å². The highest BCUT2D eigenvalue weighted by molar-refractivity contribution is 6.14. The quantitative estimate of drug-likeness (QED) is 0.434. The predicted molar refractivity (Wildman–Crippen MR) is 105 cm³/mol. The van der Waals surface area contributed by atoms with Crippen molar-refractivity contribution in [1.82, 2.24) is 14.5 Å². The zero-order valence-corrected chi connectivity index (χ0v) is 14.6. The van der Waals surface area contributed by atoms with Gasteiger partial charge in [-0.2, -0.15) is 0 Å². The fraction of sp³-hybridized carbons (Fsp3) is 0.0909. The topological polar surface area (TPSA) is 39.9 Å². The first-order chi connectivity index (χ1) is 12.7.